The second kappa shape index (κ2) is 10.9. The second-order valence-electron chi connectivity index (χ2n) is 7.67. The average Bonchev–Trinajstić information content (AvgIpc) is 3.15. The number of ether oxygens (including phenoxy) is 1. The van der Waals surface area contributed by atoms with Crippen LogP contribution in [0.2, 0.25) is 0 Å². The number of hydrogen-bond acceptors (Lipinski definition) is 4. The van der Waals surface area contributed by atoms with Gasteiger partial charge in [0.25, 0.3) is 0 Å². The molecule has 5 nitrogen and oxygen atoms in total. The molecule has 1 aliphatic rings. The second-order valence-corrected chi connectivity index (χ2v) is 8.65. The van der Waals surface area contributed by atoms with Gasteiger partial charge in [-0.2, -0.15) is 0 Å². The molecule has 1 heterocycles. The number of aliphatic imine (C=N–C) groups is 1. The van der Waals surface area contributed by atoms with Gasteiger partial charge in [0.2, 0.25) is 5.91 Å². The van der Waals surface area contributed by atoms with E-state index in [1.54, 1.807) is 11.8 Å². The molecular weight excluding hydrogens is 418 g/mol. The first-order valence-electron chi connectivity index (χ1n) is 10.7. The van der Waals surface area contributed by atoms with Gasteiger partial charge in [-0.15, -0.1) is 0 Å². The first-order chi connectivity index (χ1) is 15.7. The Labute approximate surface area is 193 Å². The molecule has 0 spiro atoms. The van der Waals surface area contributed by atoms with E-state index in [4.69, 9.17) is 9.73 Å². The Hall–Kier alpha value is -3.25. The van der Waals surface area contributed by atoms with E-state index in [1.807, 2.05) is 67.7 Å². The van der Waals surface area contributed by atoms with Crippen LogP contribution in [0.25, 0.3) is 0 Å². The molecule has 0 aliphatic carbocycles. The fraction of sp³-hybridized carbons (Fsp3) is 0.231. The van der Waals surface area contributed by atoms with E-state index < -0.39 is 0 Å². The van der Waals surface area contributed by atoms with E-state index in [0.717, 1.165) is 41.1 Å². The maximum atomic E-state index is 12.6. The largest absolute Gasteiger partial charge is 0.457 e. The number of amidine groups is 1. The average molecular weight is 446 g/mol. The van der Waals surface area contributed by atoms with Crippen molar-refractivity contribution in [1.29, 1.82) is 0 Å². The molecule has 6 heteroatoms. The Morgan fingerprint density at radius 1 is 1.00 bits per heavy atom. The fourth-order valence-corrected chi connectivity index (χ4v) is 4.69. The van der Waals surface area contributed by atoms with Gasteiger partial charge in [-0.3, -0.25) is 9.79 Å². The summed E-state index contributed by atoms with van der Waals surface area (Å²) >= 11 is 1.72. The normalized spacial score (nSPS) is 16.8. The third kappa shape index (κ3) is 6.14. The summed E-state index contributed by atoms with van der Waals surface area (Å²) in [6, 6.07) is 27.6. The smallest absolute Gasteiger partial charge is 0.226 e. The van der Waals surface area contributed by atoms with Gasteiger partial charge >= 0.3 is 0 Å². The van der Waals surface area contributed by atoms with Crippen LogP contribution in [0.5, 0.6) is 11.5 Å². The standard InChI is InChI=1S/C26H27N3O2S/c1-29-22(19-32-26(29)27-17-16-20-8-4-2-5-9-20)18-25(30)28-21-12-14-24(15-13-21)31-23-10-6-3-7-11-23/h2-15,22H,16-19H2,1H3,(H,28,30). The highest BCUT2D eigenvalue weighted by Gasteiger charge is 2.28. The van der Waals surface area contributed by atoms with Crippen molar-refractivity contribution in [3.63, 3.8) is 0 Å². The van der Waals surface area contributed by atoms with Crippen LogP contribution >= 0.6 is 11.8 Å². The molecule has 3 aromatic carbocycles. The summed E-state index contributed by atoms with van der Waals surface area (Å²) < 4.78 is 5.80. The van der Waals surface area contributed by atoms with Crippen LogP contribution in [0.3, 0.4) is 0 Å². The Bertz CT molecular complexity index is 1040. The molecule has 1 aliphatic heterocycles. The summed E-state index contributed by atoms with van der Waals surface area (Å²) in [6.45, 7) is 0.757. The molecule has 0 saturated carbocycles. The molecule has 1 amide bonds. The number of para-hydroxylation sites is 1. The summed E-state index contributed by atoms with van der Waals surface area (Å²) in [6.07, 6.45) is 1.36. The zero-order chi connectivity index (χ0) is 22.2. The van der Waals surface area contributed by atoms with Gasteiger partial charge in [0.05, 0.1) is 0 Å². The van der Waals surface area contributed by atoms with Crippen LogP contribution < -0.4 is 10.1 Å². The van der Waals surface area contributed by atoms with Gasteiger partial charge < -0.3 is 15.0 Å². The minimum absolute atomic E-state index is 0.00436. The molecule has 1 saturated heterocycles. The predicted molar refractivity (Wildman–Crippen MR) is 133 cm³/mol. The zero-order valence-corrected chi connectivity index (χ0v) is 18.9. The van der Waals surface area contributed by atoms with Crippen molar-refractivity contribution < 1.29 is 9.53 Å². The number of carbonyl (C=O) groups excluding carboxylic acids is 1. The third-order valence-electron chi connectivity index (χ3n) is 5.28. The molecule has 1 fully saturated rings. The van der Waals surface area contributed by atoms with Gasteiger partial charge in [-0.25, -0.2) is 0 Å². The molecule has 0 radical (unpaired) electrons. The van der Waals surface area contributed by atoms with Crippen molar-refractivity contribution in [2.24, 2.45) is 4.99 Å². The molecule has 0 aromatic heterocycles. The summed E-state index contributed by atoms with van der Waals surface area (Å²) in [5, 5.41) is 4.00. The first-order valence-corrected chi connectivity index (χ1v) is 11.7. The minimum Gasteiger partial charge on any atom is -0.457 e. The molecule has 1 unspecified atom stereocenters. The number of benzene rings is 3. The Balaban J connectivity index is 1.24. The molecule has 4 rings (SSSR count). The van der Waals surface area contributed by atoms with Gasteiger partial charge in [0.15, 0.2) is 5.17 Å². The van der Waals surface area contributed by atoms with Crippen LogP contribution in [0.15, 0.2) is 89.9 Å². The SMILES string of the molecule is CN1C(=NCCc2ccccc2)SCC1CC(=O)Nc1ccc(Oc2ccccc2)cc1. The van der Waals surface area contributed by atoms with Crippen LogP contribution in [0.1, 0.15) is 12.0 Å². The van der Waals surface area contributed by atoms with Crippen LogP contribution in [-0.4, -0.2) is 41.4 Å². The Morgan fingerprint density at radius 2 is 1.66 bits per heavy atom. The fourth-order valence-electron chi connectivity index (χ4n) is 3.48. The lowest BCUT2D eigenvalue weighted by molar-refractivity contribution is -0.116. The van der Waals surface area contributed by atoms with Crippen molar-refractivity contribution in [3.05, 3.63) is 90.5 Å². The molecular formula is C26H27N3O2S. The van der Waals surface area contributed by atoms with E-state index in [0.29, 0.717) is 6.42 Å². The lowest BCUT2D eigenvalue weighted by Gasteiger charge is -2.20. The number of nitrogens with one attached hydrogen (secondary N) is 1. The number of anilines is 1. The summed E-state index contributed by atoms with van der Waals surface area (Å²) in [5.41, 5.74) is 2.05. The molecule has 3 aromatic rings. The lowest BCUT2D eigenvalue weighted by Crippen LogP contribution is -2.33. The highest BCUT2D eigenvalue weighted by Crippen LogP contribution is 2.26. The van der Waals surface area contributed by atoms with Crippen molar-refractivity contribution in [1.82, 2.24) is 4.90 Å². The van der Waals surface area contributed by atoms with E-state index >= 15 is 0 Å². The number of amides is 1. The van der Waals surface area contributed by atoms with E-state index in [9.17, 15) is 4.79 Å². The van der Waals surface area contributed by atoms with Gasteiger partial charge in [0, 0.05) is 37.5 Å². The number of thioether (sulfide) groups is 1. The van der Waals surface area contributed by atoms with Crippen LogP contribution in [0.4, 0.5) is 5.69 Å². The highest BCUT2D eigenvalue weighted by atomic mass is 32.2. The lowest BCUT2D eigenvalue weighted by atomic mass is 10.2. The maximum absolute atomic E-state index is 12.6. The third-order valence-corrected chi connectivity index (χ3v) is 6.51. The summed E-state index contributed by atoms with van der Waals surface area (Å²) in [4.78, 5) is 19.5. The van der Waals surface area contributed by atoms with Crippen molar-refractivity contribution in [3.8, 4) is 11.5 Å². The Kier molecular flexibility index (Phi) is 7.46. The van der Waals surface area contributed by atoms with Crippen LogP contribution in [0, 0.1) is 0 Å². The van der Waals surface area contributed by atoms with Gasteiger partial charge in [-0.1, -0.05) is 60.3 Å². The highest BCUT2D eigenvalue weighted by molar-refractivity contribution is 8.14. The number of carbonyl (C=O) groups is 1. The molecule has 1 atom stereocenters. The van der Waals surface area contributed by atoms with Crippen molar-refractivity contribution in [2.45, 2.75) is 18.9 Å². The molecule has 164 valence electrons. The monoisotopic (exact) mass is 445 g/mol. The number of rotatable bonds is 8. The van der Waals surface area contributed by atoms with E-state index in [-0.39, 0.29) is 11.9 Å². The molecule has 32 heavy (non-hydrogen) atoms. The van der Waals surface area contributed by atoms with Gasteiger partial charge in [0.1, 0.15) is 11.5 Å². The van der Waals surface area contributed by atoms with E-state index in [1.165, 1.54) is 5.56 Å². The predicted octanol–water partition coefficient (Wildman–Crippen LogP) is 5.45. The minimum atomic E-state index is 0.00436. The maximum Gasteiger partial charge on any atom is 0.226 e. The number of nitrogens with zero attached hydrogens (tertiary/aromatic N) is 2. The molecule has 1 N–H and O–H groups in total. The quantitative estimate of drug-likeness (QED) is 0.501. The number of hydrogen-bond donors (Lipinski definition) is 1. The van der Waals surface area contributed by atoms with Gasteiger partial charge in [-0.05, 0) is 48.4 Å². The van der Waals surface area contributed by atoms with Crippen LogP contribution in [-0.2, 0) is 11.2 Å². The first kappa shape index (κ1) is 22.0. The van der Waals surface area contributed by atoms with Crippen molar-refractivity contribution in [2.75, 3.05) is 24.7 Å². The summed E-state index contributed by atoms with van der Waals surface area (Å²) in [7, 11) is 2.02. The molecule has 0 bridgehead atoms. The zero-order valence-electron chi connectivity index (χ0n) is 18.1. The van der Waals surface area contributed by atoms with Crippen molar-refractivity contribution >= 4 is 28.5 Å². The van der Waals surface area contributed by atoms with E-state index in [2.05, 4.69) is 34.5 Å². The Morgan fingerprint density at radius 3 is 2.38 bits per heavy atom. The summed E-state index contributed by atoms with van der Waals surface area (Å²) in [5.74, 6) is 2.40. The topological polar surface area (TPSA) is 53.9 Å².